The summed E-state index contributed by atoms with van der Waals surface area (Å²) in [5.41, 5.74) is 7.53. The highest BCUT2D eigenvalue weighted by Gasteiger charge is 2.60. The van der Waals surface area contributed by atoms with E-state index in [4.69, 9.17) is 19.9 Å². The maximum absolute atomic E-state index is 14.7. The molecule has 6 unspecified atom stereocenters. The maximum atomic E-state index is 14.7. The summed E-state index contributed by atoms with van der Waals surface area (Å²) in [5.74, 6) is -2.46. The summed E-state index contributed by atoms with van der Waals surface area (Å²) in [5, 5.41) is 31.3. The number of hydrogen-bond donors (Lipinski definition) is 4. The fraction of sp³-hybridized carbons (Fsp3) is 0.667. The second-order valence-corrected chi connectivity index (χ2v) is 19.4. The number of hydrogen-bond acceptors (Lipinski definition) is 13. The first-order valence-electron chi connectivity index (χ1n) is 20.4. The third-order valence-corrected chi connectivity index (χ3v) is 15.1. The van der Waals surface area contributed by atoms with E-state index in [0.717, 1.165) is 49.9 Å². The second kappa shape index (κ2) is 19.1. The summed E-state index contributed by atoms with van der Waals surface area (Å²) < 4.78 is 46.0. The Morgan fingerprint density at radius 1 is 1.14 bits per heavy atom. The molecule has 1 aromatic heterocycles. The summed E-state index contributed by atoms with van der Waals surface area (Å²) in [6.45, 7) is 8.25. The van der Waals surface area contributed by atoms with Gasteiger partial charge in [0, 0.05) is 30.5 Å². The number of anilines is 1. The van der Waals surface area contributed by atoms with Gasteiger partial charge in [-0.05, 0) is 91.2 Å². The number of halogens is 2. The Balaban J connectivity index is 0.900. The Morgan fingerprint density at radius 3 is 2.57 bits per heavy atom. The average molecular weight is 850 g/mol. The Bertz CT molecular complexity index is 1820. The highest BCUT2D eigenvalue weighted by molar-refractivity contribution is 8.76. The van der Waals surface area contributed by atoms with E-state index < -0.39 is 54.8 Å². The van der Waals surface area contributed by atoms with Gasteiger partial charge in [-0.2, -0.15) is 13.8 Å². The SMILES string of the molecule is C=C1/C(=C\C=C2/CCC[C@@]3(C)C2CCC3[C@@H](C)/C=C/C(O)C2CC2)C[C@@H](OC(=O)CCSSCCC(=O)OCC2OC(n3ccc(N)nc3=O)C(F)(F)C2O)C[C@@H]1O. The summed E-state index contributed by atoms with van der Waals surface area (Å²) in [7, 11) is 2.71. The molecule has 16 heteroatoms. The Hall–Kier alpha value is -3.02. The zero-order valence-corrected chi connectivity index (χ0v) is 34.8. The molecule has 0 amide bonds. The van der Waals surface area contributed by atoms with Crippen LogP contribution in [-0.2, 0) is 23.8 Å². The number of nitrogens with two attached hydrogens (primary N) is 1. The standard InChI is InChI=1S/C42H57F2N3O9S2/c1-24(6-13-32(48)27-8-9-27)30-11-12-31-26(5-4-17-41(30,31)3)7-10-28-21-29(22-33(49)25(28)2)55-37(51)16-20-58-57-19-15-36(50)54-23-34-38(52)42(43,44)39(56-34)47-18-14-35(45)46-40(47)53/h6-7,10,13-14,18,24,27,29-34,38-39,48-49,52H,2,4-5,8-9,11-12,15-17,19-23H2,1,3H3,(H2,45,46,53)/b13-6+,26-7+,28-10-/t24-,29+,30?,31?,32?,33-,34?,38?,39?,41+/m0/s1. The summed E-state index contributed by atoms with van der Waals surface area (Å²) in [6, 6.07) is 1.14. The minimum absolute atomic E-state index is 0.0520. The zero-order chi connectivity index (χ0) is 41.8. The first-order chi connectivity index (χ1) is 27.6. The van der Waals surface area contributed by atoms with Gasteiger partial charge in [0.25, 0.3) is 0 Å². The van der Waals surface area contributed by atoms with Crippen LogP contribution in [0.3, 0.4) is 0 Å². The number of aliphatic hydroxyl groups excluding tert-OH is 3. The lowest BCUT2D eigenvalue weighted by atomic mass is 9.61. The van der Waals surface area contributed by atoms with Crippen molar-refractivity contribution in [1.82, 2.24) is 9.55 Å². The fourth-order valence-electron chi connectivity index (χ4n) is 9.27. The van der Waals surface area contributed by atoms with Crippen molar-refractivity contribution in [2.75, 3.05) is 23.8 Å². The van der Waals surface area contributed by atoms with Crippen LogP contribution in [0.1, 0.15) is 90.7 Å². The largest absolute Gasteiger partial charge is 0.463 e. The number of ether oxygens (including phenoxy) is 3. The van der Waals surface area contributed by atoms with Gasteiger partial charge in [-0.1, -0.05) is 71.9 Å². The molecule has 12 nitrogen and oxygen atoms in total. The highest BCUT2D eigenvalue weighted by atomic mass is 33.1. The normalized spacial score (nSPS) is 33.4. The van der Waals surface area contributed by atoms with E-state index in [1.165, 1.54) is 40.0 Å². The van der Waals surface area contributed by atoms with Crippen LogP contribution in [0.4, 0.5) is 14.6 Å². The van der Waals surface area contributed by atoms with Crippen molar-refractivity contribution in [3.63, 3.8) is 0 Å². The molecular formula is C42H57F2N3O9S2. The van der Waals surface area contributed by atoms with Crippen LogP contribution in [-0.4, -0.2) is 91.4 Å². The Labute approximate surface area is 346 Å². The average Bonchev–Trinajstić information content (AvgIpc) is 3.93. The number of fused-ring (bicyclic) bond motifs is 1. The van der Waals surface area contributed by atoms with Gasteiger partial charge in [-0.15, -0.1) is 0 Å². The lowest BCUT2D eigenvalue weighted by Crippen LogP contribution is -2.42. The molecule has 1 aliphatic heterocycles. The van der Waals surface area contributed by atoms with Crippen LogP contribution in [0.5, 0.6) is 0 Å². The molecule has 5 fully saturated rings. The number of alkyl halides is 2. The van der Waals surface area contributed by atoms with Crippen LogP contribution in [0.25, 0.3) is 0 Å². The van der Waals surface area contributed by atoms with Gasteiger partial charge in [0.1, 0.15) is 24.6 Å². The van der Waals surface area contributed by atoms with E-state index in [1.807, 2.05) is 6.08 Å². The molecule has 4 aliphatic carbocycles. The molecule has 0 bridgehead atoms. The molecule has 58 heavy (non-hydrogen) atoms. The molecule has 4 saturated carbocycles. The fourth-order valence-corrected chi connectivity index (χ4v) is 11.2. The molecule has 6 rings (SSSR count). The number of carbonyl (C=O) groups is 2. The van der Waals surface area contributed by atoms with Crippen LogP contribution in [0.2, 0.25) is 0 Å². The quantitative estimate of drug-likeness (QED) is 0.0651. The minimum atomic E-state index is -3.86. The van der Waals surface area contributed by atoms with Crippen molar-refractivity contribution in [1.29, 1.82) is 0 Å². The molecule has 5 aliphatic rings. The van der Waals surface area contributed by atoms with Gasteiger partial charge in [-0.25, -0.2) is 4.79 Å². The van der Waals surface area contributed by atoms with Crippen LogP contribution in [0, 0.1) is 29.1 Å². The van der Waals surface area contributed by atoms with Gasteiger partial charge >= 0.3 is 23.6 Å². The molecular weight excluding hydrogens is 793 g/mol. The number of carbonyl (C=O) groups excluding carboxylic acids is 2. The number of allylic oxidation sites excluding steroid dienone is 4. The number of aromatic nitrogens is 2. The van der Waals surface area contributed by atoms with Gasteiger partial charge in [0.2, 0.25) is 6.23 Å². The number of nitrogens with zero attached hydrogens (tertiary/aromatic N) is 2. The number of esters is 2. The molecule has 0 aromatic carbocycles. The van der Waals surface area contributed by atoms with E-state index in [1.54, 1.807) is 0 Å². The predicted molar refractivity (Wildman–Crippen MR) is 219 cm³/mol. The molecule has 0 radical (unpaired) electrons. The van der Waals surface area contributed by atoms with E-state index in [2.05, 4.69) is 43.6 Å². The first kappa shape index (κ1) is 44.5. The van der Waals surface area contributed by atoms with Crippen molar-refractivity contribution >= 4 is 39.3 Å². The minimum Gasteiger partial charge on any atom is -0.463 e. The van der Waals surface area contributed by atoms with Crippen molar-refractivity contribution in [3.05, 3.63) is 70.3 Å². The summed E-state index contributed by atoms with van der Waals surface area (Å²) in [6.07, 6.45) is 10.7. The maximum Gasteiger partial charge on any atom is 0.351 e. The third kappa shape index (κ3) is 10.5. The van der Waals surface area contributed by atoms with Crippen molar-refractivity contribution in [2.24, 2.45) is 29.1 Å². The van der Waals surface area contributed by atoms with E-state index in [0.29, 0.717) is 51.7 Å². The Morgan fingerprint density at radius 2 is 1.86 bits per heavy atom. The van der Waals surface area contributed by atoms with Crippen molar-refractivity contribution in [2.45, 2.75) is 127 Å². The van der Waals surface area contributed by atoms with Crippen molar-refractivity contribution in [3.8, 4) is 0 Å². The first-order valence-corrected chi connectivity index (χ1v) is 22.9. The third-order valence-electron chi connectivity index (χ3n) is 12.7. The van der Waals surface area contributed by atoms with E-state index in [-0.39, 0.29) is 42.6 Å². The molecule has 10 atom stereocenters. The lowest BCUT2D eigenvalue weighted by molar-refractivity contribution is -0.151. The Kier molecular flexibility index (Phi) is 14.7. The van der Waals surface area contributed by atoms with E-state index >= 15 is 0 Å². The van der Waals surface area contributed by atoms with Crippen LogP contribution in [0.15, 0.2) is 64.7 Å². The zero-order valence-electron chi connectivity index (χ0n) is 33.2. The molecule has 0 spiro atoms. The molecule has 320 valence electrons. The second-order valence-electron chi connectivity index (χ2n) is 16.7. The summed E-state index contributed by atoms with van der Waals surface area (Å²) >= 11 is 0. The smallest absolute Gasteiger partial charge is 0.351 e. The molecule has 5 N–H and O–H groups in total. The molecule has 1 aromatic rings. The predicted octanol–water partition coefficient (Wildman–Crippen LogP) is 6.08. The van der Waals surface area contributed by atoms with Gasteiger partial charge < -0.3 is 35.3 Å². The number of rotatable bonds is 16. The van der Waals surface area contributed by atoms with Gasteiger partial charge in [0.15, 0.2) is 6.10 Å². The van der Waals surface area contributed by atoms with Crippen LogP contribution >= 0.6 is 21.6 Å². The van der Waals surface area contributed by atoms with Gasteiger partial charge in [-0.3, -0.25) is 14.2 Å². The summed E-state index contributed by atoms with van der Waals surface area (Å²) in [4.78, 5) is 40.5. The molecule has 2 heterocycles. The van der Waals surface area contributed by atoms with Gasteiger partial charge in [0.05, 0.1) is 25.0 Å². The molecule has 1 saturated heterocycles. The lowest BCUT2D eigenvalue weighted by Gasteiger charge is -2.44. The highest BCUT2D eigenvalue weighted by Crippen LogP contribution is 2.59. The number of nitrogen functional groups attached to an aromatic ring is 1. The van der Waals surface area contributed by atoms with E-state index in [9.17, 15) is 38.5 Å². The van der Waals surface area contributed by atoms with Crippen molar-refractivity contribution < 1.29 is 47.9 Å². The monoisotopic (exact) mass is 849 g/mol. The number of aliphatic hydroxyl groups is 3. The topological polar surface area (TPSA) is 183 Å². The van der Waals surface area contributed by atoms with Crippen LogP contribution < -0.4 is 11.4 Å².